The van der Waals surface area contributed by atoms with Crippen molar-refractivity contribution in [2.24, 2.45) is 0 Å². The van der Waals surface area contributed by atoms with Crippen LogP contribution in [0.2, 0.25) is 0 Å². The molecule has 2 nitrogen and oxygen atoms in total. The molecule has 27 heavy (non-hydrogen) atoms. The molecule has 1 aromatic heterocycles. The van der Waals surface area contributed by atoms with Gasteiger partial charge in [-0.1, -0.05) is 43.3 Å². The van der Waals surface area contributed by atoms with Crippen LogP contribution in [0, 0.1) is 20.8 Å². The van der Waals surface area contributed by atoms with E-state index in [1.165, 1.54) is 33.2 Å². The third kappa shape index (κ3) is 3.10. The fourth-order valence-electron chi connectivity index (χ4n) is 4.93. The lowest BCUT2D eigenvalue weighted by Crippen LogP contribution is -2.38. The minimum Gasteiger partial charge on any atom is -0.344 e. The van der Waals surface area contributed by atoms with Crippen LogP contribution in [-0.2, 0) is 25.9 Å². The Labute approximate surface area is 163 Å². The first kappa shape index (κ1) is 18.3. The van der Waals surface area contributed by atoms with Gasteiger partial charge in [0.25, 0.3) is 0 Å². The molecule has 0 N–H and O–H groups in total. The largest absolute Gasteiger partial charge is 0.344 e. The second-order valence-corrected chi connectivity index (χ2v) is 8.29. The molecule has 1 atom stereocenters. The molecule has 0 fully saturated rings. The van der Waals surface area contributed by atoms with Crippen molar-refractivity contribution in [3.63, 3.8) is 0 Å². The summed E-state index contributed by atoms with van der Waals surface area (Å²) in [5.74, 6) is 0. The lowest BCUT2D eigenvalue weighted by Gasteiger charge is -2.33. The third-order valence-electron chi connectivity index (χ3n) is 6.58. The first-order valence-corrected chi connectivity index (χ1v) is 10.4. The molecule has 1 aliphatic rings. The van der Waals surface area contributed by atoms with Crippen LogP contribution in [0.25, 0.3) is 10.9 Å². The fraction of sp³-hybridized carbons (Fsp3) is 0.440. The summed E-state index contributed by atoms with van der Waals surface area (Å²) in [5.41, 5.74) is 10.3. The van der Waals surface area contributed by atoms with E-state index in [0.29, 0.717) is 6.04 Å². The van der Waals surface area contributed by atoms with Gasteiger partial charge in [-0.15, -0.1) is 0 Å². The van der Waals surface area contributed by atoms with Gasteiger partial charge < -0.3 is 4.57 Å². The number of aromatic nitrogens is 1. The summed E-state index contributed by atoms with van der Waals surface area (Å²) in [6, 6.07) is 14.0. The van der Waals surface area contributed by atoms with Crippen LogP contribution in [-0.4, -0.2) is 22.1 Å². The predicted molar refractivity (Wildman–Crippen MR) is 116 cm³/mol. The molecule has 0 bridgehead atoms. The summed E-state index contributed by atoms with van der Waals surface area (Å²) >= 11 is 0. The highest BCUT2D eigenvalue weighted by molar-refractivity contribution is 5.91. The molecule has 0 saturated heterocycles. The molecule has 4 rings (SSSR count). The highest BCUT2D eigenvalue weighted by atomic mass is 15.2. The summed E-state index contributed by atoms with van der Waals surface area (Å²) in [6.07, 6.45) is 2.26. The van der Waals surface area contributed by atoms with Crippen molar-refractivity contribution in [3.05, 3.63) is 69.9 Å². The molecule has 142 valence electrons. The molecular formula is C25H32N2. The van der Waals surface area contributed by atoms with Gasteiger partial charge in [0.15, 0.2) is 0 Å². The van der Waals surface area contributed by atoms with Gasteiger partial charge >= 0.3 is 0 Å². The Morgan fingerprint density at radius 1 is 0.963 bits per heavy atom. The average molecular weight is 361 g/mol. The van der Waals surface area contributed by atoms with E-state index in [-0.39, 0.29) is 0 Å². The van der Waals surface area contributed by atoms with E-state index in [4.69, 9.17) is 0 Å². The van der Waals surface area contributed by atoms with E-state index in [9.17, 15) is 0 Å². The lowest BCUT2D eigenvalue weighted by molar-refractivity contribution is 0.192. The average Bonchev–Trinajstić information content (AvgIpc) is 2.98. The molecule has 0 radical (unpaired) electrons. The maximum absolute atomic E-state index is 2.66. The van der Waals surface area contributed by atoms with Gasteiger partial charge in [0.2, 0.25) is 0 Å². The van der Waals surface area contributed by atoms with Gasteiger partial charge in [-0.25, -0.2) is 0 Å². The van der Waals surface area contributed by atoms with Crippen LogP contribution < -0.4 is 0 Å². The third-order valence-corrected chi connectivity index (χ3v) is 6.58. The zero-order valence-corrected chi connectivity index (χ0v) is 17.5. The van der Waals surface area contributed by atoms with Gasteiger partial charge in [0, 0.05) is 36.6 Å². The lowest BCUT2D eigenvalue weighted by atomic mass is 9.96. The van der Waals surface area contributed by atoms with Crippen LogP contribution in [0.3, 0.4) is 0 Å². The highest BCUT2D eigenvalue weighted by Crippen LogP contribution is 2.36. The van der Waals surface area contributed by atoms with Crippen molar-refractivity contribution in [1.82, 2.24) is 9.47 Å². The molecule has 1 unspecified atom stereocenters. The molecule has 0 amide bonds. The summed E-state index contributed by atoms with van der Waals surface area (Å²) in [7, 11) is 0. The zero-order valence-electron chi connectivity index (χ0n) is 17.5. The minimum atomic E-state index is 0.615. The Morgan fingerprint density at radius 3 is 2.44 bits per heavy atom. The number of likely N-dealkylation sites (N-methyl/N-ethyl adjacent to an activating group) is 1. The van der Waals surface area contributed by atoms with E-state index < -0.39 is 0 Å². The number of hydrogen-bond acceptors (Lipinski definition) is 1. The number of nitrogens with zero attached hydrogens (tertiary/aromatic N) is 2. The van der Waals surface area contributed by atoms with Crippen molar-refractivity contribution in [2.45, 2.75) is 66.6 Å². The van der Waals surface area contributed by atoms with Gasteiger partial charge in [-0.05, 0) is 68.5 Å². The molecule has 0 aliphatic carbocycles. The van der Waals surface area contributed by atoms with Gasteiger partial charge in [0.05, 0.1) is 5.52 Å². The molecule has 2 heteroatoms. The van der Waals surface area contributed by atoms with Crippen LogP contribution in [0.1, 0.15) is 47.4 Å². The van der Waals surface area contributed by atoms with E-state index >= 15 is 0 Å². The standard InChI is InChI=1S/C25H32N2/c1-6-26-16-22-23(15-20(26)5)27(14-13-21-10-8-7-9-17(21)2)25-19(4)12-11-18(3)24(22)25/h7-12,20H,6,13-16H2,1-5H3. The van der Waals surface area contributed by atoms with Gasteiger partial charge in [-0.2, -0.15) is 0 Å². The molecular weight excluding hydrogens is 328 g/mol. The second-order valence-electron chi connectivity index (χ2n) is 8.29. The van der Waals surface area contributed by atoms with Crippen molar-refractivity contribution in [3.8, 4) is 0 Å². The molecule has 0 saturated carbocycles. The topological polar surface area (TPSA) is 8.17 Å². The maximum atomic E-state index is 2.66. The second kappa shape index (κ2) is 7.16. The van der Waals surface area contributed by atoms with Crippen LogP contribution >= 0.6 is 0 Å². The van der Waals surface area contributed by atoms with Crippen LogP contribution in [0.15, 0.2) is 36.4 Å². The molecule has 0 spiro atoms. The van der Waals surface area contributed by atoms with Crippen molar-refractivity contribution in [1.29, 1.82) is 0 Å². The minimum absolute atomic E-state index is 0.615. The normalized spacial score (nSPS) is 17.4. The summed E-state index contributed by atoms with van der Waals surface area (Å²) < 4.78 is 2.66. The summed E-state index contributed by atoms with van der Waals surface area (Å²) in [6.45, 7) is 14.7. The van der Waals surface area contributed by atoms with Gasteiger partial charge in [0.1, 0.15) is 0 Å². The SMILES string of the molecule is CCN1Cc2c(n(CCc3ccccc3C)c3c(C)ccc(C)c23)CC1C. The van der Waals surface area contributed by atoms with Crippen LogP contribution in [0.4, 0.5) is 0 Å². The number of aryl methyl sites for hydroxylation is 5. The van der Waals surface area contributed by atoms with Crippen molar-refractivity contribution < 1.29 is 0 Å². The van der Waals surface area contributed by atoms with E-state index in [1.807, 2.05) is 0 Å². The van der Waals surface area contributed by atoms with Crippen molar-refractivity contribution in [2.75, 3.05) is 6.54 Å². The van der Waals surface area contributed by atoms with Crippen molar-refractivity contribution >= 4 is 10.9 Å². The molecule has 2 aromatic carbocycles. The molecule has 2 heterocycles. The number of hydrogen-bond donors (Lipinski definition) is 0. The maximum Gasteiger partial charge on any atom is 0.0518 e. The first-order chi connectivity index (χ1) is 13.0. The summed E-state index contributed by atoms with van der Waals surface area (Å²) in [4.78, 5) is 2.62. The first-order valence-electron chi connectivity index (χ1n) is 10.4. The van der Waals surface area contributed by atoms with Gasteiger partial charge in [-0.3, -0.25) is 4.90 Å². The molecule has 3 aromatic rings. The zero-order chi connectivity index (χ0) is 19.1. The van der Waals surface area contributed by atoms with E-state index in [0.717, 1.165) is 32.5 Å². The number of fused-ring (bicyclic) bond motifs is 3. The Morgan fingerprint density at radius 2 is 1.70 bits per heavy atom. The molecule has 1 aliphatic heterocycles. The monoisotopic (exact) mass is 360 g/mol. The summed E-state index contributed by atoms with van der Waals surface area (Å²) in [5, 5.41) is 1.51. The fourth-order valence-corrected chi connectivity index (χ4v) is 4.93. The number of benzene rings is 2. The Hall–Kier alpha value is -2.06. The Kier molecular flexibility index (Phi) is 4.86. The Balaban J connectivity index is 1.84. The predicted octanol–water partition coefficient (Wildman–Crippen LogP) is 5.58. The highest BCUT2D eigenvalue weighted by Gasteiger charge is 2.28. The van der Waals surface area contributed by atoms with E-state index in [2.05, 4.69) is 80.5 Å². The smallest absolute Gasteiger partial charge is 0.0518 e. The number of rotatable bonds is 4. The van der Waals surface area contributed by atoms with Crippen LogP contribution in [0.5, 0.6) is 0 Å². The quantitative estimate of drug-likeness (QED) is 0.590. The van der Waals surface area contributed by atoms with E-state index in [1.54, 1.807) is 11.3 Å². The Bertz CT molecular complexity index is 980.